The van der Waals surface area contributed by atoms with E-state index < -0.39 is 11.9 Å². The quantitative estimate of drug-likeness (QED) is 0.847. The summed E-state index contributed by atoms with van der Waals surface area (Å²) < 4.78 is 37.0. The fourth-order valence-corrected chi connectivity index (χ4v) is 1.29. The zero-order valence-corrected chi connectivity index (χ0v) is 8.30. The zero-order chi connectivity index (χ0) is 11.5. The summed E-state index contributed by atoms with van der Waals surface area (Å²) in [5.41, 5.74) is -0.108. The molecule has 0 saturated heterocycles. The average molecular weight is 219 g/mol. The van der Waals surface area contributed by atoms with Crippen LogP contribution in [0.15, 0.2) is 12.1 Å². The molecule has 5 heteroatoms. The van der Waals surface area contributed by atoms with Gasteiger partial charge in [-0.25, -0.2) is 4.98 Å². The third-order valence-corrected chi connectivity index (χ3v) is 2.02. The molecule has 1 N–H and O–H groups in total. The Morgan fingerprint density at radius 2 is 2.00 bits per heavy atom. The maximum atomic E-state index is 12.3. The van der Waals surface area contributed by atoms with Gasteiger partial charge in [0.15, 0.2) is 0 Å². The van der Waals surface area contributed by atoms with Gasteiger partial charge in [-0.15, -0.1) is 0 Å². The van der Waals surface area contributed by atoms with Crippen molar-refractivity contribution in [2.24, 2.45) is 0 Å². The smallest absolute Gasteiger partial charge is 0.392 e. The number of aromatic nitrogens is 1. The molecule has 0 aliphatic rings. The number of alkyl halides is 3. The van der Waals surface area contributed by atoms with Gasteiger partial charge in [0.2, 0.25) is 0 Å². The van der Waals surface area contributed by atoms with Crippen molar-refractivity contribution in [3.05, 3.63) is 29.1 Å². The summed E-state index contributed by atoms with van der Waals surface area (Å²) in [6.07, 6.45) is -3.28. The van der Waals surface area contributed by atoms with Crippen molar-refractivity contribution in [1.29, 1.82) is 0 Å². The Labute approximate surface area is 85.8 Å². The van der Waals surface area contributed by atoms with Crippen LogP contribution in [0.4, 0.5) is 13.2 Å². The molecule has 1 aromatic rings. The molecule has 0 atom stereocenters. The molecule has 0 unspecified atom stereocenters. The van der Waals surface area contributed by atoms with Crippen LogP contribution in [0.3, 0.4) is 0 Å². The Morgan fingerprint density at radius 3 is 2.47 bits per heavy atom. The third-order valence-electron chi connectivity index (χ3n) is 2.02. The van der Waals surface area contributed by atoms with Gasteiger partial charge in [0, 0.05) is 5.69 Å². The topological polar surface area (TPSA) is 33.1 Å². The van der Waals surface area contributed by atoms with Gasteiger partial charge < -0.3 is 5.11 Å². The Bertz CT molecular complexity index is 336. The molecule has 0 amide bonds. The number of pyridine rings is 1. The Kier molecular flexibility index (Phi) is 3.68. The van der Waals surface area contributed by atoms with Gasteiger partial charge in [0.25, 0.3) is 0 Å². The average Bonchev–Trinajstić information content (AvgIpc) is 2.17. The number of hydrogen-bond acceptors (Lipinski definition) is 2. The molecule has 15 heavy (non-hydrogen) atoms. The Balaban J connectivity index is 3.10. The van der Waals surface area contributed by atoms with E-state index in [1.165, 1.54) is 6.07 Å². The molecule has 0 saturated carbocycles. The summed E-state index contributed by atoms with van der Waals surface area (Å²) in [7, 11) is 0. The van der Waals surface area contributed by atoms with Crippen LogP contribution in [0.25, 0.3) is 0 Å². The Hall–Kier alpha value is -1.10. The SMILES string of the molecule is CCCc1nc(C(F)(F)F)ccc1CO. The summed E-state index contributed by atoms with van der Waals surface area (Å²) >= 11 is 0. The second-order valence-corrected chi connectivity index (χ2v) is 3.21. The molecule has 0 spiro atoms. The van der Waals surface area contributed by atoms with Crippen molar-refractivity contribution < 1.29 is 18.3 Å². The van der Waals surface area contributed by atoms with Crippen LogP contribution in [-0.4, -0.2) is 10.1 Å². The minimum absolute atomic E-state index is 0.277. The Morgan fingerprint density at radius 1 is 1.33 bits per heavy atom. The molecule has 0 aliphatic carbocycles. The van der Waals surface area contributed by atoms with E-state index in [0.717, 1.165) is 6.07 Å². The van der Waals surface area contributed by atoms with E-state index >= 15 is 0 Å². The predicted octanol–water partition coefficient (Wildman–Crippen LogP) is 2.55. The normalized spacial score (nSPS) is 11.8. The first-order valence-electron chi connectivity index (χ1n) is 4.66. The fourth-order valence-electron chi connectivity index (χ4n) is 1.29. The van der Waals surface area contributed by atoms with Crippen molar-refractivity contribution in [2.75, 3.05) is 0 Å². The van der Waals surface area contributed by atoms with Crippen molar-refractivity contribution in [1.82, 2.24) is 4.98 Å². The lowest BCUT2D eigenvalue weighted by molar-refractivity contribution is -0.141. The highest BCUT2D eigenvalue weighted by atomic mass is 19.4. The molecule has 0 aliphatic heterocycles. The molecule has 0 bridgehead atoms. The summed E-state index contributed by atoms with van der Waals surface area (Å²) in [4.78, 5) is 3.52. The van der Waals surface area contributed by atoms with Crippen molar-refractivity contribution in [2.45, 2.75) is 32.5 Å². The highest BCUT2D eigenvalue weighted by molar-refractivity contribution is 5.23. The molecule has 1 heterocycles. The second-order valence-electron chi connectivity index (χ2n) is 3.21. The first-order valence-corrected chi connectivity index (χ1v) is 4.66. The van der Waals surface area contributed by atoms with Crippen molar-refractivity contribution >= 4 is 0 Å². The van der Waals surface area contributed by atoms with Gasteiger partial charge in [-0.2, -0.15) is 13.2 Å². The third kappa shape index (κ3) is 2.92. The predicted molar refractivity (Wildman–Crippen MR) is 49.2 cm³/mol. The number of aliphatic hydroxyl groups is 1. The summed E-state index contributed by atoms with van der Waals surface area (Å²) in [5.74, 6) is 0. The van der Waals surface area contributed by atoms with Crippen molar-refractivity contribution in [3.8, 4) is 0 Å². The summed E-state index contributed by atoms with van der Waals surface area (Å²) in [5, 5.41) is 8.92. The van der Waals surface area contributed by atoms with E-state index in [9.17, 15) is 13.2 Å². The molecule has 2 nitrogen and oxygen atoms in total. The lowest BCUT2D eigenvalue weighted by Crippen LogP contribution is -2.11. The second kappa shape index (κ2) is 4.61. The highest BCUT2D eigenvalue weighted by Crippen LogP contribution is 2.28. The molecule has 1 rings (SSSR count). The van der Waals surface area contributed by atoms with Crippen LogP contribution in [0.2, 0.25) is 0 Å². The molecule has 0 fully saturated rings. The summed E-state index contributed by atoms with van der Waals surface area (Å²) in [6.45, 7) is 1.57. The number of nitrogens with zero attached hydrogens (tertiary/aromatic N) is 1. The van der Waals surface area contributed by atoms with Crippen LogP contribution in [-0.2, 0) is 19.2 Å². The van der Waals surface area contributed by atoms with E-state index in [4.69, 9.17) is 5.11 Å². The molecule has 0 radical (unpaired) electrons. The van der Waals surface area contributed by atoms with Crippen LogP contribution < -0.4 is 0 Å². The number of aliphatic hydroxyl groups excluding tert-OH is 1. The number of halogens is 3. The minimum atomic E-state index is -4.42. The van der Waals surface area contributed by atoms with Gasteiger partial charge in [0.05, 0.1) is 6.61 Å². The molecule has 0 aromatic carbocycles. The van der Waals surface area contributed by atoms with Crippen LogP contribution in [0.5, 0.6) is 0 Å². The minimum Gasteiger partial charge on any atom is -0.392 e. The zero-order valence-electron chi connectivity index (χ0n) is 8.30. The van der Waals surface area contributed by atoms with E-state index in [1.54, 1.807) is 0 Å². The van der Waals surface area contributed by atoms with Gasteiger partial charge in [-0.3, -0.25) is 0 Å². The molecular weight excluding hydrogens is 207 g/mol. The molecule has 84 valence electrons. The van der Waals surface area contributed by atoms with Gasteiger partial charge >= 0.3 is 6.18 Å². The van der Waals surface area contributed by atoms with Crippen LogP contribution in [0.1, 0.15) is 30.3 Å². The monoisotopic (exact) mass is 219 g/mol. The van der Waals surface area contributed by atoms with Gasteiger partial charge in [-0.05, 0) is 18.1 Å². The number of hydrogen-bond donors (Lipinski definition) is 1. The number of aryl methyl sites for hydroxylation is 1. The van der Waals surface area contributed by atoms with E-state index in [1.807, 2.05) is 6.92 Å². The maximum Gasteiger partial charge on any atom is 0.433 e. The number of rotatable bonds is 3. The largest absolute Gasteiger partial charge is 0.433 e. The van der Waals surface area contributed by atoms with Crippen LogP contribution in [0, 0.1) is 0 Å². The lowest BCUT2D eigenvalue weighted by atomic mass is 10.1. The van der Waals surface area contributed by atoms with E-state index in [2.05, 4.69) is 4.98 Å². The fraction of sp³-hybridized carbons (Fsp3) is 0.500. The molecular formula is C10H12F3NO. The van der Waals surface area contributed by atoms with Crippen LogP contribution >= 0.6 is 0 Å². The standard InChI is InChI=1S/C10H12F3NO/c1-2-3-8-7(6-15)4-5-9(14-8)10(11,12)13/h4-5,15H,2-3,6H2,1H3. The first kappa shape index (κ1) is 12.0. The first-order chi connectivity index (χ1) is 6.99. The molecule has 1 aromatic heterocycles. The van der Waals surface area contributed by atoms with Gasteiger partial charge in [0.1, 0.15) is 5.69 Å². The van der Waals surface area contributed by atoms with Crippen molar-refractivity contribution in [3.63, 3.8) is 0 Å². The summed E-state index contributed by atoms with van der Waals surface area (Å²) in [6, 6.07) is 2.17. The van der Waals surface area contributed by atoms with Gasteiger partial charge in [-0.1, -0.05) is 19.4 Å². The highest BCUT2D eigenvalue weighted by Gasteiger charge is 2.32. The van der Waals surface area contributed by atoms with E-state index in [0.29, 0.717) is 24.1 Å². The lowest BCUT2D eigenvalue weighted by Gasteiger charge is -2.10. The maximum absolute atomic E-state index is 12.3. The van der Waals surface area contributed by atoms with E-state index in [-0.39, 0.29) is 6.61 Å².